The Labute approximate surface area is 188 Å². The lowest BCUT2D eigenvalue weighted by Gasteiger charge is -2.28. The lowest BCUT2D eigenvalue weighted by Crippen LogP contribution is -2.33. The Morgan fingerprint density at radius 2 is 1.91 bits per heavy atom. The molecule has 0 atom stereocenters. The normalized spacial score (nSPS) is 18.2. The van der Waals surface area contributed by atoms with Crippen molar-refractivity contribution >= 4 is 23.1 Å². The van der Waals surface area contributed by atoms with E-state index in [0.29, 0.717) is 28.2 Å². The summed E-state index contributed by atoms with van der Waals surface area (Å²) in [6.07, 6.45) is 5.62. The summed E-state index contributed by atoms with van der Waals surface area (Å²) in [6, 6.07) is 13.0. The van der Waals surface area contributed by atoms with Gasteiger partial charge in [0, 0.05) is 23.9 Å². The van der Waals surface area contributed by atoms with E-state index >= 15 is 0 Å². The van der Waals surface area contributed by atoms with Crippen LogP contribution >= 0.6 is 0 Å². The average molecular weight is 445 g/mol. The third-order valence-electron chi connectivity index (χ3n) is 5.99. The van der Waals surface area contributed by atoms with Crippen molar-refractivity contribution in [2.24, 2.45) is 0 Å². The molecule has 1 saturated carbocycles. The van der Waals surface area contributed by atoms with Crippen LogP contribution in [0.2, 0.25) is 0 Å². The Bertz CT molecular complexity index is 1320. The molecule has 1 aromatic carbocycles. The summed E-state index contributed by atoms with van der Waals surface area (Å²) in [6.45, 7) is 0. The fourth-order valence-electron chi connectivity index (χ4n) is 4.37. The van der Waals surface area contributed by atoms with Gasteiger partial charge in [0.25, 0.3) is 5.56 Å². The van der Waals surface area contributed by atoms with Crippen LogP contribution in [0.1, 0.15) is 31.7 Å². The van der Waals surface area contributed by atoms with Crippen molar-refractivity contribution in [1.82, 2.24) is 30.3 Å². The highest BCUT2D eigenvalue weighted by Gasteiger charge is 2.27. The van der Waals surface area contributed by atoms with E-state index in [1.54, 1.807) is 16.9 Å². The van der Waals surface area contributed by atoms with E-state index in [2.05, 4.69) is 20.5 Å². The SMILES string of the molecule is Nc1n[nH]c(=O)c2c1c(-c1ccc(Oc3ccccn3)cc1)nn2C1CCC(NC=O)CC1. The molecule has 5 rings (SSSR count). The molecule has 0 unspecified atom stereocenters. The van der Waals surface area contributed by atoms with E-state index in [4.69, 9.17) is 15.6 Å². The summed E-state index contributed by atoms with van der Waals surface area (Å²) in [5, 5.41) is 14.6. The maximum atomic E-state index is 12.7. The quantitative estimate of drug-likeness (QED) is 0.388. The van der Waals surface area contributed by atoms with Crippen LogP contribution in [0.3, 0.4) is 0 Å². The van der Waals surface area contributed by atoms with Crippen molar-refractivity contribution in [3.8, 4) is 22.9 Å². The topological polar surface area (TPSA) is 141 Å². The van der Waals surface area contributed by atoms with E-state index < -0.39 is 0 Å². The first-order chi connectivity index (χ1) is 16.1. The zero-order chi connectivity index (χ0) is 22.8. The summed E-state index contributed by atoms with van der Waals surface area (Å²) in [7, 11) is 0. The molecule has 0 saturated heterocycles. The molecule has 1 aliphatic carbocycles. The second kappa shape index (κ2) is 8.73. The Hall–Kier alpha value is -4.21. The molecule has 33 heavy (non-hydrogen) atoms. The van der Waals surface area contributed by atoms with Crippen LogP contribution in [-0.2, 0) is 4.79 Å². The minimum Gasteiger partial charge on any atom is -0.439 e. The van der Waals surface area contributed by atoms with Crippen molar-refractivity contribution in [3.63, 3.8) is 0 Å². The number of carbonyl (C=O) groups excluding carboxylic acids is 1. The molecule has 10 nitrogen and oxygen atoms in total. The number of ether oxygens (including phenoxy) is 1. The Balaban J connectivity index is 1.50. The molecule has 0 radical (unpaired) electrons. The summed E-state index contributed by atoms with van der Waals surface area (Å²) in [5.41, 5.74) is 7.66. The number of hydrogen-bond donors (Lipinski definition) is 3. The number of anilines is 1. The van der Waals surface area contributed by atoms with Gasteiger partial charge in [0.2, 0.25) is 12.3 Å². The first kappa shape index (κ1) is 20.7. The highest BCUT2D eigenvalue weighted by Crippen LogP contribution is 2.36. The van der Waals surface area contributed by atoms with Gasteiger partial charge in [-0.3, -0.25) is 14.3 Å². The van der Waals surface area contributed by atoms with Crippen molar-refractivity contribution in [2.45, 2.75) is 37.8 Å². The first-order valence-electron chi connectivity index (χ1n) is 10.8. The molecule has 1 fully saturated rings. The highest BCUT2D eigenvalue weighted by atomic mass is 16.5. The van der Waals surface area contributed by atoms with Crippen molar-refractivity contribution in [3.05, 3.63) is 59.0 Å². The molecule has 3 aromatic heterocycles. The molecule has 3 heterocycles. The van der Waals surface area contributed by atoms with E-state index in [1.807, 2.05) is 36.4 Å². The molecule has 168 valence electrons. The number of hydrogen-bond acceptors (Lipinski definition) is 7. The summed E-state index contributed by atoms with van der Waals surface area (Å²) < 4.78 is 7.55. The van der Waals surface area contributed by atoms with E-state index in [1.165, 1.54) is 0 Å². The second-order valence-corrected chi connectivity index (χ2v) is 8.04. The third kappa shape index (κ3) is 4.02. The van der Waals surface area contributed by atoms with Gasteiger partial charge in [0.15, 0.2) is 5.82 Å². The Morgan fingerprint density at radius 1 is 1.12 bits per heavy atom. The maximum absolute atomic E-state index is 12.7. The summed E-state index contributed by atoms with van der Waals surface area (Å²) in [5.74, 6) is 1.35. The number of aromatic amines is 1. The zero-order valence-electron chi connectivity index (χ0n) is 17.8. The molecular weight excluding hydrogens is 422 g/mol. The van der Waals surface area contributed by atoms with E-state index in [0.717, 1.165) is 37.7 Å². The number of benzene rings is 1. The van der Waals surface area contributed by atoms with Crippen LogP contribution in [-0.4, -0.2) is 37.4 Å². The van der Waals surface area contributed by atoms with Crippen LogP contribution in [0.4, 0.5) is 5.82 Å². The minimum absolute atomic E-state index is 0.0283. The van der Waals surface area contributed by atoms with E-state index in [9.17, 15) is 9.59 Å². The van der Waals surface area contributed by atoms with Gasteiger partial charge in [-0.2, -0.15) is 10.2 Å². The molecule has 4 N–H and O–H groups in total. The minimum atomic E-state index is -0.332. The fraction of sp³-hybridized carbons (Fsp3) is 0.261. The van der Waals surface area contributed by atoms with Gasteiger partial charge in [-0.05, 0) is 56.0 Å². The Kier molecular flexibility index (Phi) is 5.47. The monoisotopic (exact) mass is 445 g/mol. The lowest BCUT2D eigenvalue weighted by atomic mass is 9.91. The van der Waals surface area contributed by atoms with Crippen LogP contribution in [0.15, 0.2) is 53.5 Å². The number of H-pyrrole nitrogens is 1. The molecule has 0 aliphatic heterocycles. The number of nitrogen functional groups attached to an aromatic ring is 1. The first-order valence-corrected chi connectivity index (χ1v) is 10.8. The molecule has 1 amide bonds. The van der Waals surface area contributed by atoms with Gasteiger partial charge in [-0.25, -0.2) is 10.1 Å². The van der Waals surface area contributed by atoms with Crippen LogP contribution < -0.4 is 21.3 Å². The molecule has 4 aromatic rings. The fourth-order valence-corrected chi connectivity index (χ4v) is 4.37. The van der Waals surface area contributed by atoms with Gasteiger partial charge in [-0.15, -0.1) is 0 Å². The predicted octanol–water partition coefficient (Wildman–Crippen LogP) is 2.79. The van der Waals surface area contributed by atoms with E-state index in [-0.39, 0.29) is 23.5 Å². The lowest BCUT2D eigenvalue weighted by molar-refractivity contribution is -0.110. The standard InChI is InChI=1S/C23H23N7O3/c24-22-19-20(14-4-10-17(11-5-14)33-18-3-1-2-12-25-18)29-30(21(19)23(32)28-27-22)16-8-6-15(7-9-16)26-13-31/h1-5,10-13,15-16H,6-9H2,(H2,24,27)(H,26,31)(H,28,32). The predicted molar refractivity (Wildman–Crippen MR) is 123 cm³/mol. The van der Waals surface area contributed by atoms with Gasteiger partial charge in [0.1, 0.15) is 17.0 Å². The van der Waals surface area contributed by atoms with Crippen LogP contribution in [0.5, 0.6) is 11.6 Å². The van der Waals surface area contributed by atoms with Crippen molar-refractivity contribution < 1.29 is 9.53 Å². The van der Waals surface area contributed by atoms with Gasteiger partial charge in [0.05, 0.1) is 11.4 Å². The van der Waals surface area contributed by atoms with Gasteiger partial charge in [-0.1, -0.05) is 6.07 Å². The summed E-state index contributed by atoms with van der Waals surface area (Å²) >= 11 is 0. The number of amides is 1. The molecule has 10 heteroatoms. The number of nitrogens with zero attached hydrogens (tertiary/aromatic N) is 4. The molecular formula is C23H23N7O3. The van der Waals surface area contributed by atoms with Crippen LogP contribution in [0.25, 0.3) is 22.2 Å². The number of carbonyl (C=O) groups is 1. The van der Waals surface area contributed by atoms with Crippen molar-refractivity contribution in [1.29, 1.82) is 0 Å². The average Bonchev–Trinajstić information content (AvgIpc) is 3.25. The largest absolute Gasteiger partial charge is 0.439 e. The molecule has 0 spiro atoms. The zero-order valence-corrected chi connectivity index (χ0v) is 17.8. The number of pyridine rings is 1. The smallest absolute Gasteiger partial charge is 0.290 e. The second-order valence-electron chi connectivity index (χ2n) is 8.04. The summed E-state index contributed by atoms with van der Waals surface area (Å²) in [4.78, 5) is 27.7. The van der Waals surface area contributed by atoms with Gasteiger partial charge >= 0.3 is 0 Å². The molecule has 1 aliphatic rings. The number of nitrogens with one attached hydrogen (secondary N) is 2. The highest BCUT2D eigenvalue weighted by molar-refractivity contribution is 5.99. The van der Waals surface area contributed by atoms with Gasteiger partial charge < -0.3 is 15.8 Å². The number of rotatable bonds is 6. The molecule has 0 bridgehead atoms. The number of nitrogens with two attached hydrogens (primary N) is 1. The third-order valence-corrected chi connectivity index (χ3v) is 5.99. The Morgan fingerprint density at radius 3 is 2.61 bits per heavy atom. The maximum Gasteiger partial charge on any atom is 0.290 e. The number of fused-ring (bicyclic) bond motifs is 1. The van der Waals surface area contributed by atoms with Crippen molar-refractivity contribution in [2.75, 3.05) is 5.73 Å². The van der Waals surface area contributed by atoms with Crippen LogP contribution in [0, 0.1) is 0 Å². The number of aromatic nitrogens is 5.